The summed E-state index contributed by atoms with van der Waals surface area (Å²) in [7, 11) is 0. The van der Waals surface area contributed by atoms with E-state index >= 15 is 0 Å². The average Bonchev–Trinajstić information content (AvgIpc) is 2.35. The number of rotatable bonds is 8. The number of nitrogens with zero attached hydrogens (tertiary/aromatic N) is 2. The molecule has 0 saturated heterocycles. The maximum atomic E-state index is 4.77. The van der Waals surface area contributed by atoms with Crippen LogP contribution >= 0.6 is 0 Å². The van der Waals surface area contributed by atoms with Gasteiger partial charge in [-0.2, -0.15) is 0 Å². The van der Waals surface area contributed by atoms with E-state index in [1.807, 2.05) is 0 Å². The number of nitrogens with one attached hydrogen (secondary N) is 1. The van der Waals surface area contributed by atoms with Crippen LogP contribution < -0.4 is 10.2 Å². The fourth-order valence-electron chi connectivity index (χ4n) is 2.09. The third-order valence-electron chi connectivity index (χ3n) is 3.03. The Labute approximate surface area is 118 Å². The van der Waals surface area contributed by atoms with Crippen LogP contribution in [-0.4, -0.2) is 24.1 Å². The first-order chi connectivity index (χ1) is 9.04. The molecule has 0 spiro atoms. The van der Waals surface area contributed by atoms with E-state index in [1.54, 1.807) is 0 Å². The zero-order chi connectivity index (χ0) is 14.3. The minimum absolute atomic E-state index is 0.492. The van der Waals surface area contributed by atoms with Crippen molar-refractivity contribution < 1.29 is 0 Å². The van der Waals surface area contributed by atoms with Crippen molar-refractivity contribution >= 4 is 5.82 Å². The molecule has 0 atom stereocenters. The number of pyridine rings is 1. The molecular formula is C16H29N3. The van der Waals surface area contributed by atoms with E-state index in [0.717, 1.165) is 37.6 Å². The lowest BCUT2D eigenvalue weighted by Crippen LogP contribution is -2.32. The molecule has 0 aliphatic carbocycles. The fraction of sp³-hybridized carbons (Fsp3) is 0.688. The first-order valence-corrected chi connectivity index (χ1v) is 7.47. The molecule has 0 aliphatic heterocycles. The molecule has 0 saturated carbocycles. The lowest BCUT2D eigenvalue weighted by Gasteiger charge is -2.27. The second-order valence-corrected chi connectivity index (χ2v) is 5.80. The Morgan fingerprint density at radius 2 is 1.95 bits per heavy atom. The van der Waals surface area contributed by atoms with E-state index in [1.165, 1.54) is 0 Å². The number of anilines is 1. The van der Waals surface area contributed by atoms with Gasteiger partial charge in [-0.1, -0.05) is 26.8 Å². The molecule has 0 bridgehead atoms. The zero-order valence-corrected chi connectivity index (χ0v) is 13.1. The summed E-state index contributed by atoms with van der Waals surface area (Å²) >= 11 is 0. The van der Waals surface area contributed by atoms with Crippen molar-refractivity contribution in [3.63, 3.8) is 0 Å². The predicted octanol–water partition coefficient (Wildman–Crippen LogP) is 3.45. The molecule has 0 fully saturated rings. The van der Waals surface area contributed by atoms with Gasteiger partial charge >= 0.3 is 0 Å². The van der Waals surface area contributed by atoms with Crippen molar-refractivity contribution in [1.82, 2.24) is 10.3 Å². The Balaban J connectivity index is 2.69. The molecule has 19 heavy (non-hydrogen) atoms. The first kappa shape index (κ1) is 16.0. The highest BCUT2D eigenvalue weighted by atomic mass is 15.2. The SMILES string of the molecule is CCCN(c1cccc(CNCC(C)C)n1)C(C)C. The molecule has 0 amide bonds. The van der Waals surface area contributed by atoms with Gasteiger partial charge in [-0.3, -0.25) is 0 Å². The Morgan fingerprint density at radius 1 is 1.21 bits per heavy atom. The fourth-order valence-corrected chi connectivity index (χ4v) is 2.09. The van der Waals surface area contributed by atoms with Crippen LogP contribution in [0.5, 0.6) is 0 Å². The quantitative estimate of drug-likeness (QED) is 0.778. The van der Waals surface area contributed by atoms with Gasteiger partial charge in [0.05, 0.1) is 5.69 Å². The van der Waals surface area contributed by atoms with E-state index in [4.69, 9.17) is 4.98 Å². The lowest BCUT2D eigenvalue weighted by molar-refractivity contribution is 0.547. The van der Waals surface area contributed by atoms with Crippen LogP contribution in [0.4, 0.5) is 5.82 Å². The molecule has 0 aromatic carbocycles. The number of hydrogen-bond donors (Lipinski definition) is 1. The Hall–Kier alpha value is -1.09. The van der Waals surface area contributed by atoms with Crippen LogP contribution in [-0.2, 0) is 6.54 Å². The van der Waals surface area contributed by atoms with E-state index in [9.17, 15) is 0 Å². The summed E-state index contributed by atoms with van der Waals surface area (Å²) in [6, 6.07) is 6.81. The summed E-state index contributed by atoms with van der Waals surface area (Å²) in [6.45, 7) is 14.1. The van der Waals surface area contributed by atoms with Crippen molar-refractivity contribution in [1.29, 1.82) is 0 Å². The van der Waals surface area contributed by atoms with Crippen LogP contribution in [0.3, 0.4) is 0 Å². The topological polar surface area (TPSA) is 28.2 Å². The normalized spacial score (nSPS) is 11.3. The lowest BCUT2D eigenvalue weighted by atomic mass is 10.2. The summed E-state index contributed by atoms with van der Waals surface area (Å²) in [5.74, 6) is 1.77. The summed E-state index contributed by atoms with van der Waals surface area (Å²) < 4.78 is 0. The smallest absolute Gasteiger partial charge is 0.129 e. The summed E-state index contributed by atoms with van der Waals surface area (Å²) in [5.41, 5.74) is 1.12. The number of hydrogen-bond acceptors (Lipinski definition) is 3. The minimum Gasteiger partial charge on any atom is -0.354 e. The molecule has 1 N–H and O–H groups in total. The van der Waals surface area contributed by atoms with E-state index in [2.05, 4.69) is 63.0 Å². The molecule has 1 aromatic rings. The maximum Gasteiger partial charge on any atom is 0.129 e. The van der Waals surface area contributed by atoms with Crippen LogP contribution in [0.1, 0.15) is 46.7 Å². The van der Waals surface area contributed by atoms with Crippen LogP contribution in [0.2, 0.25) is 0 Å². The Morgan fingerprint density at radius 3 is 2.53 bits per heavy atom. The zero-order valence-electron chi connectivity index (χ0n) is 13.1. The van der Waals surface area contributed by atoms with E-state index < -0.39 is 0 Å². The summed E-state index contributed by atoms with van der Waals surface area (Å²) in [5, 5.41) is 3.45. The van der Waals surface area contributed by atoms with Gasteiger partial charge in [0.2, 0.25) is 0 Å². The van der Waals surface area contributed by atoms with Crippen molar-refractivity contribution in [2.45, 2.75) is 53.6 Å². The van der Waals surface area contributed by atoms with Crippen molar-refractivity contribution in [3.8, 4) is 0 Å². The maximum absolute atomic E-state index is 4.77. The van der Waals surface area contributed by atoms with Crippen LogP contribution in [0.25, 0.3) is 0 Å². The highest BCUT2D eigenvalue weighted by molar-refractivity contribution is 5.40. The van der Waals surface area contributed by atoms with Gasteiger partial charge in [0.1, 0.15) is 5.82 Å². The summed E-state index contributed by atoms with van der Waals surface area (Å²) in [6.07, 6.45) is 1.15. The molecule has 3 heteroatoms. The predicted molar refractivity (Wildman–Crippen MR) is 83.6 cm³/mol. The monoisotopic (exact) mass is 263 g/mol. The highest BCUT2D eigenvalue weighted by Gasteiger charge is 2.11. The molecule has 108 valence electrons. The highest BCUT2D eigenvalue weighted by Crippen LogP contribution is 2.15. The van der Waals surface area contributed by atoms with Gasteiger partial charge in [0, 0.05) is 19.1 Å². The second-order valence-electron chi connectivity index (χ2n) is 5.80. The third kappa shape index (κ3) is 5.60. The first-order valence-electron chi connectivity index (χ1n) is 7.47. The number of aromatic nitrogens is 1. The van der Waals surface area contributed by atoms with E-state index in [-0.39, 0.29) is 0 Å². The van der Waals surface area contributed by atoms with Crippen molar-refractivity contribution in [2.75, 3.05) is 18.0 Å². The minimum atomic E-state index is 0.492. The van der Waals surface area contributed by atoms with Gasteiger partial charge < -0.3 is 10.2 Å². The van der Waals surface area contributed by atoms with Gasteiger partial charge in [-0.05, 0) is 44.9 Å². The average molecular weight is 263 g/mol. The molecule has 0 unspecified atom stereocenters. The molecule has 1 heterocycles. The van der Waals surface area contributed by atoms with Crippen LogP contribution in [0, 0.1) is 5.92 Å². The van der Waals surface area contributed by atoms with Crippen LogP contribution in [0.15, 0.2) is 18.2 Å². The van der Waals surface area contributed by atoms with Gasteiger partial charge in [0.25, 0.3) is 0 Å². The van der Waals surface area contributed by atoms with Crippen molar-refractivity contribution in [3.05, 3.63) is 23.9 Å². The molecule has 1 rings (SSSR count). The molecule has 0 aliphatic rings. The summed E-state index contributed by atoms with van der Waals surface area (Å²) in [4.78, 5) is 7.14. The largest absolute Gasteiger partial charge is 0.354 e. The molecule has 3 nitrogen and oxygen atoms in total. The Kier molecular flexibility index (Phi) is 6.85. The Bertz CT molecular complexity index is 361. The molecule has 1 aromatic heterocycles. The standard InChI is InChI=1S/C16H29N3/c1-6-10-19(14(4)5)16-9-7-8-15(18-16)12-17-11-13(2)3/h7-9,13-14,17H,6,10-12H2,1-5H3. The van der Waals surface area contributed by atoms with E-state index in [0.29, 0.717) is 12.0 Å². The molecule has 0 radical (unpaired) electrons. The van der Waals surface area contributed by atoms with Gasteiger partial charge in [0.15, 0.2) is 0 Å². The van der Waals surface area contributed by atoms with Gasteiger partial charge in [-0.15, -0.1) is 0 Å². The van der Waals surface area contributed by atoms with Crippen molar-refractivity contribution in [2.24, 2.45) is 5.92 Å². The van der Waals surface area contributed by atoms with Gasteiger partial charge in [-0.25, -0.2) is 4.98 Å². The third-order valence-corrected chi connectivity index (χ3v) is 3.03. The second kappa shape index (κ2) is 8.16. The molecular weight excluding hydrogens is 234 g/mol.